The largest absolute Gasteiger partial charge is 0.489 e. The van der Waals surface area contributed by atoms with Gasteiger partial charge in [0, 0.05) is 12.3 Å². The summed E-state index contributed by atoms with van der Waals surface area (Å²) in [6.45, 7) is 5.91. The Morgan fingerprint density at radius 3 is 2.08 bits per heavy atom. The van der Waals surface area contributed by atoms with Gasteiger partial charge in [-0.3, -0.25) is 9.59 Å². The zero-order valence-corrected chi connectivity index (χ0v) is 28.0. The number of nitrogens with one attached hydrogen (secondary N) is 1. The number of carbonyl (C=O) groups is 2. The number of ether oxygens (including phenoxy) is 2. The highest BCUT2D eigenvalue weighted by molar-refractivity contribution is 5.80. The molecule has 48 heavy (non-hydrogen) atoms. The van der Waals surface area contributed by atoms with E-state index in [4.69, 9.17) is 9.47 Å². The van der Waals surface area contributed by atoms with Crippen molar-refractivity contribution in [2.24, 2.45) is 11.8 Å². The van der Waals surface area contributed by atoms with Gasteiger partial charge in [-0.25, -0.2) is 0 Å². The van der Waals surface area contributed by atoms with E-state index < -0.39 is 35.7 Å². The van der Waals surface area contributed by atoms with E-state index >= 15 is 0 Å². The van der Waals surface area contributed by atoms with Crippen molar-refractivity contribution >= 4 is 11.9 Å². The number of benzene rings is 4. The molecule has 252 valence electrons. The van der Waals surface area contributed by atoms with Crippen LogP contribution in [0.5, 0.6) is 5.75 Å². The summed E-state index contributed by atoms with van der Waals surface area (Å²) in [5.41, 5.74) is 4.23. The lowest BCUT2D eigenvalue weighted by molar-refractivity contribution is -0.157. The molecule has 3 N–H and O–H groups in total. The lowest BCUT2D eigenvalue weighted by Gasteiger charge is -2.29. The number of amides is 1. The number of hydrogen-bond acceptors (Lipinski definition) is 6. The van der Waals surface area contributed by atoms with Crippen molar-refractivity contribution in [2.45, 2.75) is 83.3 Å². The van der Waals surface area contributed by atoms with Gasteiger partial charge in [0.2, 0.25) is 5.91 Å². The van der Waals surface area contributed by atoms with Crippen LogP contribution in [0.15, 0.2) is 109 Å². The molecule has 0 aliphatic heterocycles. The fraction of sp³-hybridized carbons (Fsp3) is 0.366. The van der Waals surface area contributed by atoms with Gasteiger partial charge >= 0.3 is 5.97 Å². The molecule has 0 aromatic heterocycles. The van der Waals surface area contributed by atoms with Crippen molar-refractivity contribution < 1.29 is 29.3 Å². The molecule has 0 saturated heterocycles. The smallest absolute Gasteiger partial charge is 0.306 e. The highest BCUT2D eigenvalue weighted by Gasteiger charge is 2.35. The first-order valence-corrected chi connectivity index (χ1v) is 16.8. The predicted octanol–water partition coefficient (Wildman–Crippen LogP) is 6.54. The highest BCUT2D eigenvalue weighted by Crippen LogP contribution is 2.33. The molecule has 0 spiro atoms. The Kier molecular flexibility index (Phi) is 11.7. The van der Waals surface area contributed by atoms with Crippen molar-refractivity contribution in [1.82, 2.24) is 5.32 Å². The molecule has 1 aliphatic carbocycles. The minimum atomic E-state index is -0.970. The molecule has 5 atom stereocenters. The number of aliphatic hydroxyl groups excluding tert-OH is 2. The van der Waals surface area contributed by atoms with Crippen LogP contribution in [0.3, 0.4) is 0 Å². The molecule has 7 nitrogen and oxygen atoms in total. The molecule has 1 aliphatic rings. The zero-order valence-electron chi connectivity index (χ0n) is 28.0. The van der Waals surface area contributed by atoms with Gasteiger partial charge in [0.25, 0.3) is 0 Å². The third-order valence-corrected chi connectivity index (χ3v) is 8.79. The molecule has 0 heterocycles. The minimum Gasteiger partial charge on any atom is -0.489 e. The van der Waals surface area contributed by atoms with Crippen molar-refractivity contribution in [3.63, 3.8) is 0 Å². The summed E-state index contributed by atoms with van der Waals surface area (Å²) in [4.78, 5) is 27.0. The summed E-state index contributed by atoms with van der Waals surface area (Å²) >= 11 is 0. The van der Waals surface area contributed by atoms with Crippen LogP contribution in [0.4, 0.5) is 0 Å². The molecule has 4 aromatic rings. The van der Waals surface area contributed by atoms with E-state index in [0.29, 0.717) is 25.9 Å². The summed E-state index contributed by atoms with van der Waals surface area (Å²) in [7, 11) is 0. The molecule has 5 rings (SSSR count). The molecule has 7 heteroatoms. The van der Waals surface area contributed by atoms with Crippen LogP contribution >= 0.6 is 0 Å². The van der Waals surface area contributed by atoms with Gasteiger partial charge in [0.1, 0.15) is 18.0 Å². The lowest BCUT2D eigenvalue weighted by atomic mass is 9.83. The SMILES string of the molecule is CC(C)(C)OC(=O)CC(Cc1ccccc1)C(O)CC(Cc1ccc(OCc2ccccc2)cc1)C(=O)N[C@H]1c2ccccc2C[C@@H]1O. The molecule has 3 unspecified atom stereocenters. The molecule has 0 saturated carbocycles. The second-order valence-electron chi connectivity index (χ2n) is 13.8. The minimum absolute atomic E-state index is 0.0177. The van der Waals surface area contributed by atoms with Crippen LogP contribution < -0.4 is 10.1 Å². The number of esters is 1. The predicted molar refractivity (Wildman–Crippen MR) is 186 cm³/mol. The normalized spacial score (nSPS) is 17.5. The third kappa shape index (κ3) is 10.0. The van der Waals surface area contributed by atoms with Gasteiger partial charge in [0.15, 0.2) is 0 Å². The van der Waals surface area contributed by atoms with Crippen LogP contribution in [0, 0.1) is 11.8 Å². The van der Waals surface area contributed by atoms with Gasteiger partial charge in [-0.15, -0.1) is 0 Å². The second-order valence-corrected chi connectivity index (χ2v) is 13.8. The summed E-state index contributed by atoms with van der Waals surface area (Å²) < 4.78 is 11.6. The van der Waals surface area contributed by atoms with Gasteiger partial charge in [-0.2, -0.15) is 0 Å². The first kappa shape index (κ1) is 34.9. The van der Waals surface area contributed by atoms with Gasteiger partial charge in [-0.1, -0.05) is 97.1 Å². The maximum atomic E-state index is 14.1. The Hall–Kier alpha value is -4.46. The quantitative estimate of drug-likeness (QED) is 0.134. The number of carbonyl (C=O) groups excluding carboxylic acids is 2. The fourth-order valence-electron chi connectivity index (χ4n) is 6.39. The Morgan fingerprint density at radius 2 is 1.42 bits per heavy atom. The van der Waals surface area contributed by atoms with Crippen LogP contribution in [0.2, 0.25) is 0 Å². The summed E-state index contributed by atoms with van der Waals surface area (Å²) in [6.07, 6.45) is -0.284. The summed E-state index contributed by atoms with van der Waals surface area (Å²) in [6, 6.07) is 34.5. The van der Waals surface area contributed by atoms with Gasteiger partial charge in [-0.05, 0) is 85.9 Å². The van der Waals surface area contributed by atoms with E-state index in [1.165, 1.54) is 0 Å². The maximum absolute atomic E-state index is 14.1. The third-order valence-electron chi connectivity index (χ3n) is 8.79. The molecule has 4 aromatic carbocycles. The number of aliphatic hydroxyl groups is 2. The van der Waals surface area contributed by atoms with Crippen LogP contribution in [-0.4, -0.2) is 39.9 Å². The average molecular weight is 650 g/mol. The van der Waals surface area contributed by atoms with E-state index in [0.717, 1.165) is 33.6 Å². The maximum Gasteiger partial charge on any atom is 0.306 e. The first-order valence-electron chi connectivity index (χ1n) is 16.8. The molecule has 0 bridgehead atoms. The van der Waals surface area contributed by atoms with Crippen LogP contribution in [0.1, 0.15) is 67.5 Å². The number of rotatable bonds is 14. The van der Waals surface area contributed by atoms with Crippen LogP contribution in [0.25, 0.3) is 0 Å². The standard InChI is InChI=1S/C41H47NO6/c1-41(2,3)48-38(45)26-32(22-28-12-6-4-7-13-28)36(43)25-33(40(46)42-39-35-17-11-10-16-31(35)24-37(39)44)23-29-18-20-34(21-19-29)47-27-30-14-8-5-9-15-30/h4-21,32-33,36-37,39,43-44H,22-27H2,1-3H3,(H,42,46)/t32?,33?,36?,37-,39-/m0/s1. The van der Waals surface area contributed by atoms with E-state index in [9.17, 15) is 19.8 Å². The van der Waals surface area contributed by atoms with E-state index in [1.54, 1.807) is 0 Å². The van der Waals surface area contributed by atoms with E-state index in [-0.39, 0.29) is 24.7 Å². The number of fused-ring (bicyclic) bond motifs is 1. The second kappa shape index (κ2) is 16.1. The fourth-order valence-corrected chi connectivity index (χ4v) is 6.39. The first-order chi connectivity index (χ1) is 23.0. The lowest BCUT2D eigenvalue weighted by Crippen LogP contribution is -2.41. The Labute approximate surface area is 283 Å². The van der Waals surface area contributed by atoms with Gasteiger partial charge < -0.3 is 25.0 Å². The monoisotopic (exact) mass is 649 g/mol. The highest BCUT2D eigenvalue weighted by atomic mass is 16.6. The Balaban J connectivity index is 1.34. The van der Waals surface area contributed by atoms with E-state index in [1.807, 2.05) is 130 Å². The number of hydrogen-bond donors (Lipinski definition) is 3. The topological polar surface area (TPSA) is 105 Å². The summed E-state index contributed by atoms with van der Waals surface area (Å²) in [5.74, 6) is -1.03. The van der Waals surface area contributed by atoms with Crippen molar-refractivity contribution in [3.05, 3.63) is 137 Å². The zero-order chi connectivity index (χ0) is 34.1. The molecular formula is C41H47NO6. The van der Waals surface area contributed by atoms with Crippen molar-refractivity contribution in [2.75, 3.05) is 0 Å². The Bertz CT molecular complexity index is 1620. The van der Waals surface area contributed by atoms with Gasteiger partial charge in [0.05, 0.1) is 24.7 Å². The van der Waals surface area contributed by atoms with Crippen LogP contribution in [-0.2, 0) is 40.2 Å². The Morgan fingerprint density at radius 1 is 0.812 bits per heavy atom. The molecule has 0 fully saturated rings. The summed E-state index contributed by atoms with van der Waals surface area (Å²) in [5, 5.41) is 25.7. The molecular weight excluding hydrogens is 602 g/mol. The molecule has 0 radical (unpaired) electrons. The molecule has 1 amide bonds. The van der Waals surface area contributed by atoms with E-state index in [2.05, 4.69) is 5.32 Å². The average Bonchev–Trinajstić information content (AvgIpc) is 3.38. The van der Waals surface area contributed by atoms with Crippen molar-refractivity contribution in [3.8, 4) is 5.75 Å². The van der Waals surface area contributed by atoms with Crippen molar-refractivity contribution in [1.29, 1.82) is 0 Å².